The average Bonchev–Trinajstić information content (AvgIpc) is 3.05. The van der Waals surface area contributed by atoms with Crippen molar-refractivity contribution in [2.75, 3.05) is 26.2 Å². The second kappa shape index (κ2) is 7.55. The first kappa shape index (κ1) is 19.5. The molecule has 4 rings (SSSR count). The van der Waals surface area contributed by atoms with Gasteiger partial charge in [0.15, 0.2) is 4.90 Å². The summed E-state index contributed by atoms with van der Waals surface area (Å²) in [7, 11) is -4.25. The fourth-order valence-electron chi connectivity index (χ4n) is 3.65. The highest BCUT2D eigenvalue weighted by Gasteiger charge is 2.33. The molecule has 0 atom stereocenters. The van der Waals surface area contributed by atoms with E-state index >= 15 is 0 Å². The Balaban J connectivity index is 1.50. The van der Waals surface area contributed by atoms with Crippen LogP contribution in [0.2, 0.25) is 0 Å². The number of rotatable bonds is 4. The lowest BCUT2D eigenvalue weighted by molar-refractivity contribution is 0.181. The van der Waals surface area contributed by atoms with Crippen molar-refractivity contribution in [3.05, 3.63) is 71.6 Å². The summed E-state index contributed by atoms with van der Waals surface area (Å²) in [5.74, 6) is -2.18. The predicted molar refractivity (Wildman–Crippen MR) is 103 cm³/mol. The van der Waals surface area contributed by atoms with Crippen molar-refractivity contribution >= 4 is 15.5 Å². The molecule has 1 aromatic carbocycles. The van der Waals surface area contributed by atoms with E-state index in [2.05, 4.69) is 6.07 Å². The first-order valence-corrected chi connectivity index (χ1v) is 10.5. The van der Waals surface area contributed by atoms with E-state index in [1.54, 1.807) is 0 Å². The van der Waals surface area contributed by atoms with Crippen LogP contribution >= 0.6 is 0 Å². The number of sulfonamides is 1. The fraction of sp³-hybridized carbons (Fsp3) is 0.250. The minimum absolute atomic E-state index is 0.116. The summed E-state index contributed by atoms with van der Waals surface area (Å²) in [5.41, 5.74) is 2.27. The summed E-state index contributed by atoms with van der Waals surface area (Å²) in [4.78, 5) is 1.12. The van der Waals surface area contributed by atoms with E-state index < -0.39 is 26.6 Å². The number of fused-ring (bicyclic) bond motifs is 1. The molecule has 0 spiro atoms. The van der Waals surface area contributed by atoms with Crippen molar-refractivity contribution in [2.24, 2.45) is 0 Å². The topological polar surface area (TPSA) is 68.8 Å². The summed E-state index contributed by atoms with van der Waals surface area (Å²) < 4.78 is 56.3. The summed E-state index contributed by atoms with van der Waals surface area (Å²) in [6.07, 6.45) is 3.76. The Morgan fingerprint density at radius 2 is 1.69 bits per heavy atom. The zero-order valence-electron chi connectivity index (χ0n) is 15.4. The van der Waals surface area contributed by atoms with Crippen LogP contribution in [-0.4, -0.2) is 48.2 Å². The number of piperazine rings is 1. The lowest BCUT2D eigenvalue weighted by atomic mass is 10.1. The van der Waals surface area contributed by atoms with E-state index in [-0.39, 0.29) is 13.1 Å². The average molecular weight is 416 g/mol. The minimum Gasteiger partial charge on any atom is -0.322 e. The Labute approximate surface area is 167 Å². The predicted octanol–water partition coefficient (Wildman–Crippen LogP) is 2.60. The molecule has 3 aromatic rings. The molecule has 0 bridgehead atoms. The Hall–Kier alpha value is -2.80. The number of nitrogens with zero attached hydrogens (tertiary/aromatic N) is 4. The van der Waals surface area contributed by atoms with Crippen LogP contribution in [0.3, 0.4) is 0 Å². The van der Waals surface area contributed by atoms with E-state index in [0.717, 1.165) is 33.6 Å². The van der Waals surface area contributed by atoms with Crippen LogP contribution in [0, 0.1) is 23.0 Å². The van der Waals surface area contributed by atoms with Crippen LogP contribution < -0.4 is 0 Å². The van der Waals surface area contributed by atoms with Gasteiger partial charge in [0, 0.05) is 50.7 Å². The lowest BCUT2D eigenvalue weighted by Crippen LogP contribution is -2.48. The van der Waals surface area contributed by atoms with Crippen LogP contribution in [0.4, 0.5) is 8.78 Å². The molecule has 1 saturated heterocycles. The second-order valence-corrected chi connectivity index (χ2v) is 8.74. The molecule has 29 heavy (non-hydrogen) atoms. The Kier molecular flexibility index (Phi) is 5.08. The molecule has 0 radical (unpaired) electrons. The van der Waals surface area contributed by atoms with E-state index in [0.29, 0.717) is 25.2 Å². The van der Waals surface area contributed by atoms with Crippen molar-refractivity contribution in [2.45, 2.75) is 11.4 Å². The van der Waals surface area contributed by atoms with Gasteiger partial charge < -0.3 is 4.40 Å². The SMILES string of the molecule is N#Cc1c(CN2CCN(S(=O)(=O)c3c(F)cccc3F)CC2)cn2ccccc12. The second-order valence-electron chi connectivity index (χ2n) is 6.87. The van der Waals surface area contributed by atoms with Gasteiger partial charge in [-0.1, -0.05) is 12.1 Å². The maximum absolute atomic E-state index is 14.0. The van der Waals surface area contributed by atoms with Crippen molar-refractivity contribution in [1.82, 2.24) is 13.6 Å². The van der Waals surface area contributed by atoms with Gasteiger partial charge in [-0.3, -0.25) is 4.90 Å². The highest BCUT2D eigenvalue weighted by Crippen LogP contribution is 2.25. The molecule has 9 heteroatoms. The third-order valence-corrected chi connectivity index (χ3v) is 7.07. The monoisotopic (exact) mass is 416 g/mol. The molecule has 6 nitrogen and oxygen atoms in total. The van der Waals surface area contributed by atoms with Gasteiger partial charge in [0.2, 0.25) is 10.0 Å². The minimum atomic E-state index is -4.25. The van der Waals surface area contributed by atoms with Crippen LogP contribution in [0.15, 0.2) is 53.7 Å². The Morgan fingerprint density at radius 1 is 1.00 bits per heavy atom. The highest BCUT2D eigenvalue weighted by molar-refractivity contribution is 7.89. The number of aromatic nitrogens is 1. The summed E-state index contributed by atoms with van der Waals surface area (Å²) in [5, 5.41) is 9.52. The van der Waals surface area contributed by atoms with E-state index in [1.165, 1.54) is 0 Å². The van der Waals surface area contributed by atoms with Gasteiger partial charge in [0.05, 0.1) is 11.1 Å². The number of nitriles is 1. The molecule has 3 heterocycles. The van der Waals surface area contributed by atoms with Crippen molar-refractivity contribution in [3.8, 4) is 6.07 Å². The summed E-state index contributed by atoms with van der Waals surface area (Å²) in [6, 6.07) is 10.9. The van der Waals surface area contributed by atoms with Gasteiger partial charge in [-0.25, -0.2) is 17.2 Å². The smallest absolute Gasteiger partial charge is 0.249 e. The van der Waals surface area contributed by atoms with Gasteiger partial charge in [0.25, 0.3) is 0 Å². The molecular formula is C20H18F2N4O2S. The van der Waals surface area contributed by atoms with Crippen molar-refractivity contribution in [3.63, 3.8) is 0 Å². The molecule has 1 aliphatic heterocycles. The maximum Gasteiger partial charge on any atom is 0.249 e. The Morgan fingerprint density at radius 3 is 2.34 bits per heavy atom. The number of halogens is 2. The first-order valence-electron chi connectivity index (χ1n) is 9.07. The largest absolute Gasteiger partial charge is 0.322 e. The van der Waals surface area contributed by atoms with Crippen molar-refractivity contribution < 1.29 is 17.2 Å². The lowest BCUT2D eigenvalue weighted by Gasteiger charge is -2.33. The third kappa shape index (κ3) is 3.51. The number of benzene rings is 1. The molecule has 0 aliphatic carbocycles. The van der Waals surface area contributed by atoms with Crippen LogP contribution in [0.5, 0.6) is 0 Å². The Bertz CT molecular complexity index is 1190. The first-order chi connectivity index (χ1) is 13.9. The molecule has 1 fully saturated rings. The van der Waals surface area contributed by atoms with Crippen LogP contribution in [0.1, 0.15) is 11.1 Å². The quantitative estimate of drug-likeness (QED) is 0.656. The maximum atomic E-state index is 14.0. The van der Waals surface area contributed by atoms with Crippen LogP contribution in [-0.2, 0) is 16.6 Å². The van der Waals surface area contributed by atoms with Gasteiger partial charge >= 0.3 is 0 Å². The van der Waals surface area contributed by atoms with Gasteiger partial charge in [-0.15, -0.1) is 0 Å². The van der Waals surface area contributed by atoms with Gasteiger partial charge in [0.1, 0.15) is 17.7 Å². The normalized spacial score (nSPS) is 16.2. The zero-order chi connectivity index (χ0) is 20.6. The molecule has 2 aromatic heterocycles. The number of hydrogen-bond donors (Lipinski definition) is 0. The van der Waals surface area contributed by atoms with E-state index in [1.807, 2.05) is 39.9 Å². The number of pyridine rings is 1. The zero-order valence-corrected chi connectivity index (χ0v) is 16.2. The number of hydrogen-bond acceptors (Lipinski definition) is 4. The van der Waals surface area contributed by atoms with E-state index in [9.17, 15) is 22.5 Å². The van der Waals surface area contributed by atoms with Crippen molar-refractivity contribution in [1.29, 1.82) is 5.26 Å². The van der Waals surface area contributed by atoms with E-state index in [4.69, 9.17) is 0 Å². The molecule has 0 amide bonds. The molecule has 0 saturated carbocycles. The van der Waals surface area contributed by atoms with Crippen LogP contribution in [0.25, 0.3) is 5.52 Å². The summed E-state index contributed by atoms with van der Waals surface area (Å²) >= 11 is 0. The molecule has 0 N–H and O–H groups in total. The van der Waals surface area contributed by atoms with Gasteiger partial charge in [-0.05, 0) is 24.3 Å². The molecular weight excluding hydrogens is 398 g/mol. The highest BCUT2D eigenvalue weighted by atomic mass is 32.2. The summed E-state index contributed by atoms with van der Waals surface area (Å²) in [6.45, 7) is 1.52. The third-order valence-electron chi connectivity index (χ3n) is 5.12. The fourth-order valence-corrected chi connectivity index (χ4v) is 5.18. The molecule has 1 aliphatic rings. The molecule has 0 unspecified atom stereocenters. The van der Waals surface area contributed by atoms with Gasteiger partial charge in [-0.2, -0.15) is 9.57 Å². The molecule has 150 valence electrons. The standard InChI is InChI=1S/C20H18F2N4O2S/c21-17-4-3-5-18(22)20(17)29(27,28)26-10-8-24(9-11-26)13-15-14-25-7-2-1-6-19(25)16(15)12-23/h1-7,14H,8-11,13H2.